The summed E-state index contributed by atoms with van der Waals surface area (Å²) in [4.78, 5) is 20.9. The van der Waals surface area contributed by atoms with Gasteiger partial charge in [0.2, 0.25) is 0 Å². The summed E-state index contributed by atoms with van der Waals surface area (Å²) >= 11 is 0. The number of carboxylic acids is 1. The lowest BCUT2D eigenvalue weighted by Crippen LogP contribution is -2.58. The fourth-order valence-corrected chi connectivity index (χ4v) is 4.83. The van der Waals surface area contributed by atoms with Crippen LogP contribution in [-0.4, -0.2) is 45.1 Å². The van der Waals surface area contributed by atoms with Crippen LogP contribution in [0, 0.1) is 17.4 Å². The molecule has 124 valence electrons. The van der Waals surface area contributed by atoms with Crippen LogP contribution in [0.1, 0.15) is 50.1 Å². The molecule has 5 nitrogen and oxygen atoms in total. The molecule has 1 spiro atoms. The molecule has 1 aliphatic heterocycles. The summed E-state index contributed by atoms with van der Waals surface area (Å²) in [6, 6.07) is 2.44. The SMILES string of the molecule is O=C(O)C1CC2(C1)CC(N1CCC(c3ccnc(F)n3)CC1)C2. The Morgan fingerprint density at radius 3 is 2.57 bits per heavy atom. The van der Waals surface area contributed by atoms with Crippen LogP contribution in [-0.2, 0) is 4.79 Å². The average molecular weight is 319 g/mol. The molecule has 1 saturated heterocycles. The Bertz CT molecular complexity index is 602. The van der Waals surface area contributed by atoms with Crippen LogP contribution >= 0.6 is 0 Å². The van der Waals surface area contributed by atoms with Crippen LogP contribution in [0.15, 0.2) is 12.3 Å². The molecule has 0 bridgehead atoms. The summed E-state index contributed by atoms with van der Waals surface area (Å²) in [5.74, 6) is -0.399. The van der Waals surface area contributed by atoms with Gasteiger partial charge in [0.25, 0.3) is 0 Å². The van der Waals surface area contributed by atoms with Crippen molar-refractivity contribution in [3.8, 4) is 0 Å². The number of carbonyl (C=O) groups is 1. The molecule has 0 unspecified atom stereocenters. The minimum Gasteiger partial charge on any atom is -0.481 e. The van der Waals surface area contributed by atoms with Crippen LogP contribution in [0.3, 0.4) is 0 Å². The molecule has 1 aromatic rings. The Labute approximate surface area is 134 Å². The predicted molar refractivity (Wildman–Crippen MR) is 81.4 cm³/mol. The van der Waals surface area contributed by atoms with Crippen molar-refractivity contribution in [1.82, 2.24) is 14.9 Å². The zero-order valence-electron chi connectivity index (χ0n) is 13.1. The Hall–Kier alpha value is -1.56. The highest BCUT2D eigenvalue weighted by Crippen LogP contribution is 2.60. The molecule has 1 aromatic heterocycles. The van der Waals surface area contributed by atoms with E-state index in [1.54, 1.807) is 0 Å². The van der Waals surface area contributed by atoms with Gasteiger partial charge in [0, 0.05) is 23.9 Å². The lowest BCUT2D eigenvalue weighted by atomic mass is 9.49. The molecule has 0 amide bonds. The average Bonchev–Trinajstić information content (AvgIpc) is 2.44. The fraction of sp³-hybridized carbons (Fsp3) is 0.706. The van der Waals surface area contributed by atoms with Crippen molar-refractivity contribution in [3.63, 3.8) is 0 Å². The van der Waals surface area contributed by atoms with Crippen molar-refractivity contribution < 1.29 is 14.3 Å². The van der Waals surface area contributed by atoms with E-state index in [4.69, 9.17) is 5.11 Å². The number of carboxylic acid groups (broad SMARTS) is 1. The molecule has 6 heteroatoms. The van der Waals surface area contributed by atoms with Gasteiger partial charge in [-0.2, -0.15) is 4.39 Å². The number of rotatable bonds is 3. The van der Waals surface area contributed by atoms with Crippen LogP contribution < -0.4 is 0 Å². The lowest BCUT2D eigenvalue weighted by molar-refractivity contribution is -0.160. The number of halogens is 1. The molecule has 3 aliphatic rings. The molecule has 0 atom stereocenters. The minimum atomic E-state index is -0.635. The molecule has 2 aliphatic carbocycles. The summed E-state index contributed by atoms with van der Waals surface area (Å²) in [6.07, 6.45) is 6.94. The van der Waals surface area contributed by atoms with E-state index in [9.17, 15) is 9.18 Å². The minimum absolute atomic E-state index is 0.102. The van der Waals surface area contributed by atoms with Gasteiger partial charge in [-0.1, -0.05) is 0 Å². The monoisotopic (exact) mass is 319 g/mol. The molecule has 2 saturated carbocycles. The first kappa shape index (κ1) is 15.0. The molecule has 4 rings (SSSR count). The number of likely N-dealkylation sites (tertiary alicyclic amines) is 1. The summed E-state index contributed by atoms with van der Waals surface area (Å²) in [5, 5.41) is 9.01. The van der Waals surface area contributed by atoms with E-state index in [-0.39, 0.29) is 5.92 Å². The Balaban J connectivity index is 1.26. The lowest BCUT2D eigenvalue weighted by Gasteiger charge is -2.59. The second-order valence-electron chi connectivity index (χ2n) is 7.57. The summed E-state index contributed by atoms with van der Waals surface area (Å²) in [5.41, 5.74) is 1.16. The maximum atomic E-state index is 13.1. The van der Waals surface area contributed by atoms with Crippen molar-refractivity contribution in [2.24, 2.45) is 11.3 Å². The van der Waals surface area contributed by atoms with Crippen molar-refractivity contribution in [2.45, 2.75) is 50.5 Å². The Kier molecular flexibility index (Phi) is 3.59. The molecule has 3 fully saturated rings. The summed E-state index contributed by atoms with van der Waals surface area (Å²) in [6.45, 7) is 2.05. The van der Waals surface area contributed by atoms with Gasteiger partial charge in [-0.25, -0.2) is 9.97 Å². The van der Waals surface area contributed by atoms with E-state index in [0.29, 0.717) is 17.4 Å². The highest BCUT2D eigenvalue weighted by molar-refractivity contribution is 5.71. The zero-order valence-corrected chi connectivity index (χ0v) is 13.1. The molecular formula is C17H22FN3O2. The highest BCUT2D eigenvalue weighted by Gasteiger charge is 2.56. The van der Waals surface area contributed by atoms with Crippen LogP contribution in [0.2, 0.25) is 0 Å². The van der Waals surface area contributed by atoms with Crippen molar-refractivity contribution >= 4 is 5.97 Å². The number of hydrogen-bond acceptors (Lipinski definition) is 4. The van der Waals surface area contributed by atoms with E-state index in [1.807, 2.05) is 6.07 Å². The van der Waals surface area contributed by atoms with E-state index in [1.165, 1.54) is 6.20 Å². The van der Waals surface area contributed by atoms with Crippen molar-refractivity contribution in [3.05, 3.63) is 24.0 Å². The van der Waals surface area contributed by atoms with Gasteiger partial charge in [0.05, 0.1) is 5.92 Å². The third kappa shape index (κ3) is 2.73. The normalized spacial score (nSPS) is 34.8. The van der Waals surface area contributed by atoms with E-state index in [0.717, 1.165) is 57.3 Å². The largest absolute Gasteiger partial charge is 0.481 e. The number of aliphatic carboxylic acids is 1. The van der Waals surface area contributed by atoms with Crippen molar-refractivity contribution in [1.29, 1.82) is 0 Å². The topological polar surface area (TPSA) is 66.3 Å². The predicted octanol–water partition coefficient (Wildman–Crippen LogP) is 2.44. The Morgan fingerprint density at radius 2 is 1.96 bits per heavy atom. The Morgan fingerprint density at radius 1 is 1.26 bits per heavy atom. The number of piperidine rings is 1. The van der Waals surface area contributed by atoms with Crippen LogP contribution in [0.4, 0.5) is 4.39 Å². The molecule has 0 aromatic carbocycles. The first-order valence-electron chi connectivity index (χ1n) is 8.50. The van der Waals surface area contributed by atoms with Crippen LogP contribution in [0.25, 0.3) is 0 Å². The summed E-state index contributed by atoms with van der Waals surface area (Å²) in [7, 11) is 0. The maximum Gasteiger partial charge on any atom is 0.308 e. The molecule has 2 heterocycles. The first-order valence-corrected chi connectivity index (χ1v) is 8.50. The molecular weight excluding hydrogens is 297 g/mol. The first-order chi connectivity index (χ1) is 11.0. The molecule has 1 N–H and O–H groups in total. The third-order valence-electron chi connectivity index (χ3n) is 6.16. The quantitative estimate of drug-likeness (QED) is 0.867. The number of aromatic nitrogens is 2. The summed E-state index contributed by atoms with van der Waals surface area (Å²) < 4.78 is 13.1. The van der Waals surface area contributed by atoms with Gasteiger partial charge in [-0.15, -0.1) is 0 Å². The zero-order chi connectivity index (χ0) is 16.0. The second kappa shape index (κ2) is 5.51. The van der Waals surface area contributed by atoms with Gasteiger partial charge in [-0.3, -0.25) is 4.79 Å². The third-order valence-corrected chi connectivity index (χ3v) is 6.16. The standard InChI is InChI=1S/C17H22FN3O2/c18-16-19-4-1-14(20-16)11-2-5-21(6-3-11)13-9-17(10-13)7-12(8-17)15(22)23/h1,4,11-13H,2-3,5-10H2,(H,22,23). The van der Waals surface area contributed by atoms with Crippen molar-refractivity contribution in [2.75, 3.05) is 13.1 Å². The van der Waals surface area contributed by atoms with Gasteiger partial charge in [0.1, 0.15) is 0 Å². The smallest absolute Gasteiger partial charge is 0.308 e. The number of nitrogens with zero attached hydrogens (tertiary/aromatic N) is 3. The van der Waals surface area contributed by atoms with Gasteiger partial charge in [0.15, 0.2) is 0 Å². The van der Waals surface area contributed by atoms with E-state index >= 15 is 0 Å². The fourth-order valence-electron chi connectivity index (χ4n) is 4.83. The van der Waals surface area contributed by atoms with Crippen LogP contribution in [0.5, 0.6) is 0 Å². The van der Waals surface area contributed by atoms with Gasteiger partial charge in [-0.05, 0) is 63.1 Å². The van der Waals surface area contributed by atoms with E-state index < -0.39 is 12.0 Å². The maximum absolute atomic E-state index is 13.1. The highest BCUT2D eigenvalue weighted by atomic mass is 19.1. The second-order valence-corrected chi connectivity index (χ2v) is 7.57. The van der Waals surface area contributed by atoms with E-state index in [2.05, 4.69) is 14.9 Å². The van der Waals surface area contributed by atoms with Gasteiger partial charge < -0.3 is 10.0 Å². The number of hydrogen-bond donors (Lipinski definition) is 1. The van der Waals surface area contributed by atoms with Gasteiger partial charge >= 0.3 is 12.0 Å². The molecule has 0 radical (unpaired) electrons. The molecule has 23 heavy (non-hydrogen) atoms.